The Balaban J connectivity index is 1.78. The van der Waals surface area contributed by atoms with Gasteiger partial charge >= 0.3 is 0 Å². The molecule has 0 unspecified atom stereocenters. The molecule has 1 heterocycles. The maximum absolute atomic E-state index is 5.97. The van der Waals surface area contributed by atoms with Crippen LogP contribution in [-0.2, 0) is 0 Å². The quantitative estimate of drug-likeness (QED) is 0.557. The van der Waals surface area contributed by atoms with E-state index < -0.39 is 0 Å². The van der Waals surface area contributed by atoms with Crippen LogP contribution in [0.1, 0.15) is 5.56 Å². The second-order valence-electron chi connectivity index (χ2n) is 5.08. The molecule has 0 saturated carbocycles. The van der Waals surface area contributed by atoms with Crippen LogP contribution in [0, 0.1) is 0 Å². The summed E-state index contributed by atoms with van der Waals surface area (Å²) in [5.74, 6) is 1.08. The lowest BCUT2D eigenvalue weighted by atomic mass is 10.2. The van der Waals surface area contributed by atoms with E-state index in [9.17, 15) is 0 Å². The predicted octanol–water partition coefficient (Wildman–Crippen LogP) is 3.17. The van der Waals surface area contributed by atoms with E-state index >= 15 is 0 Å². The van der Waals surface area contributed by atoms with Crippen molar-refractivity contribution in [2.75, 3.05) is 7.11 Å². The first kappa shape index (κ1) is 16.7. The topological polar surface area (TPSA) is 98.9 Å². The van der Waals surface area contributed by atoms with Gasteiger partial charge in [-0.3, -0.25) is 0 Å². The number of amidine groups is 1. The Kier molecular flexibility index (Phi) is 5.06. The molecule has 6 nitrogen and oxygen atoms in total. The summed E-state index contributed by atoms with van der Waals surface area (Å²) in [6.07, 6.45) is 0. The molecule has 0 fully saturated rings. The highest BCUT2D eigenvalue weighted by Gasteiger charge is 2.05. The Labute approximate surface area is 149 Å². The molecule has 0 radical (unpaired) electrons. The summed E-state index contributed by atoms with van der Waals surface area (Å²) in [7, 11) is 1.61. The molecule has 25 heavy (non-hydrogen) atoms. The van der Waals surface area contributed by atoms with Gasteiger partial charge in [-0.15, -0.1) is 11.3 Å². The molecule has 0 bridgehead atoms. The molecular formula is C18H17N5OS. The van der Waals surface area contributed by atoms with E-state index in [1.54, 1.807) is 19.2 Å². The van der Waals surface area contributed by atoms with Gasteiger partial charge in [0.25, 0.3) is 0 Å². The predicted molar refractivity (Wildman–Crippen MR) is 103 cm³/mol. The number of benzene rings is 2. The third-order valence-corrected chi connectivity index (χ3v) is 4.13. The van der Waals surface area contributed by atoms with Crippen molar-refractivity contribution in [2.45, 2.75) is 0 Å². The SMILES string of the molecule is COc1ccc(C(N)=NC(N)=Nc2nc(-c3ccccc3)cs2)cc1. The van der Waals surface area contributed by atoms with Crippen LogP contribution in [0.25, 0.3) is 11.3 Å². The summed E-state index contributed by atoms with van der Waals surface area (Å²) >= 11 is 1.40. The summed E-state index contributed by atoms with van der Waals surface area (Å²) < 4.78 is 5.11. The van der Waals surface area contributed by atoms with Gasteiger partial charge in [0, 0.05) is 16.5 Å². The second kappa shape index (κ2) is 7.59. The zero-order valence-electron chi connectivity index (χ0n) is 13.6. The zero-order valence-corrected chi connectivity index (χ0v) is 14.4. The third-order valence-electron chi connectivity index (χ3n) is 3.39. The first-order valence-corrected chi connectivity index (χ1v) is 8.37. The number of rotatable bonds is 4. The first-order chi connectivity index (χ1) is 12.2. The Hall–Kier alpha value is -3.19. The molecule has 0 amide bonds. The van der Waals surface area contributed by atoms with E-state index in [1.807, 2.05) is 47.8 Å². The molecule has 0 atom stereocenters. The molecule has 3 rings (SSSR count). The van der Waals surface area contributed by atoms with Gasteiger partial charge in [-0.05, 0) is 24.3 Å². The van der Waals surface area contributed by atoms with Crippen molar-refractivity contribution in [3.63, 3.8) is 0 Å². The van der Waals surface area contributed by atoms with Gasteiger partial charge in [0.05, 0.1) is 12.8 Å². The van der Waals surface area contributed by atoms with Crippen LogP contribution in [0.2, 0.25) is 0 Å². The Morgan fingerprint density at radius 3 is 2.44 bits per heavy atom. The molecule has 1 aromatic heterocycles. The van der Waals surface area contributed by atoms with Crippen LogP contribution in [-0.4, -0.2) is 23.9 Å². The first-order valence-electron chi connectivity index (χ1n) is 7.49. The van der Waals surface area contributed by atoms with E-state index in [4.69, 9.17) is 16.2 Å². The average molecular weight is 351 g/mol. The maximum atomic E-state index is 5.97. The summed E-state index contributed by atoms with van der Waals surface area (Å²) in [4.78, 5) is 12.8. The Morgan fingerprint density at radius 2 is 1.76 bits per heavy atom. The summed E-state index contributed by atoms with van der Waals surface area (Å²) in [5.41, 5.74) is 14.5. The lowest BCUT2D eigenvalue weighted by molar-refractivity contribution is 0.415. The smallest absolute Gasteiger partial charge is 0.224 e. The number of aliphatic imine (C=N–C) groups is 2. The van der Waals surface area contributed by atoms with Gasteiger partial charge < -0.3 is 16.2 Å². The lowest BCUT2D eigenvalue weighted by Crippen LogP contribution is -2.19. The van der Waals surface area contributed by atoms with Crippen LogP contribution < -0.4 is 16.2 Å². The molecule has 0 aliphatic rings. The monoisotopic (exact) mass is 351 g/mol. The number of methoxy groups -OCH3 is 1. The number of hydrogen-bond donors (Lipinski definition) is 2. The minimum absolute atomic E-state index is 0.0577. The largest absolute Gasteiger partial charge is 0.497 e. The molecule has 0 aliphatic heterocycles. The van der Waals surface area contributed by atoms with Crippen molar-refractivity contribution in [3.8, 4) is 17.0 Å². The van der Waals surface area contributed by atoms with Crippen LogP contribution in [0.4, 0.5) is 5.13 Å². The van der Waals surface area contributed by atoms with Gasteiger partial charge in [-0.25, -0.2) is 4.98 Å². The van der Waals surface area contributed by atoms with Crippen molar-refractivity contribution < 1.29 is 4.74 Å². The summed E-state index contributed by atoms with van der Waals surface area (Å²) in [6.45, 7) is 0. The third kappa shape index (κ3) is 4.21. The fourth-order valence-electron chi connectivity index (χ4n) is 2.13. The normalized spacial score (nSPS) is 12.2. The number of nitrogens with two attached hydrogens (primary N) is 2. The molecule has 3 aromatic rings. The maximum Gasteiger partial charge on any atom is 0.224 e. The number of aromatic nitrogens is 1. The highest BCUT2D eigenvalue weighted by atomic mass is 32.1. The van der Waals surface area contributed by atoms with Crippen LogP contribution in [0.5, 0.6) is 5.75 Å². The molecule has 126 valence electrons. The van der Waals surface area contributed by atoms with Gasteiger partial charge in [0.15, 0.2) is 0 Å². The van der Waals surface area contributed by atoms with E-state index in [0.717, 1.165) is 22.6 Å². The molecular weight excluding hydrogens is 334 g/mol. The summed E-state index contributed by atoms with van der Waals surface area (Å²) in [5, 5.41) is 2.46. The number of guanidine groups is 1. The summed E-state index contributed by atoms with van der Waals surface area (Å²) in [6, 6.07) is 17.1. The van der Waals surface area contributed by atoms with Crippen molar-refractivity contribution in [2.24, 2.45) is 21.5 Å². The average Bonchev–Trinajstić information content (AvgIpc) is 3.10. The molecule has 2 aromatic carbocycles. The van der Waals surface area contributed by atoms with Gasteiger partial charge in [-0.2, -0.15) is 9.98 Å². The number of ether oxygens (including phenoxy) is 1. The van der Waals surface area contributed by atoms with Crippen molar-refractivity contribution in [1.82, 2.24) is 4.98 Å². The zero-order chi connectivity index (χ0) is 17.6. The minimum atomic E-state index is 0.0577. The van der Waals surface area contributed by atoms with Crippen LogP contribution in [0.15, 0.2) is 70.0 Å². The standard InChI is InChI=1S/C18H17N5OS/c1-24-14-9-7-13(8-10-14)16(19)22-17(20)23-18-21-15(11-25-18)12-5-3-2-4-6-12/h2-11H,1H3,(H4,19,20,21,22,23). The fourth-order valence-corrected chi connectivity index (χ4v) is 2.83. The van der Waals surface area contributed by atoms with E-state index in [1.165, 1.54) is 11.3 Å². The Bertz CT molecular complexity index is 901. The number of nitrogens with zero attached hydrogens (tertiary/aromatic N) is 3. The molecule has 7 heteroatoms. The Morgan fingerprint density at radius 1 is 1.04 bits per heavy atom. The lowest BCUT2D eigenvalue weighted by Gasteiger charge is -2.02. The highest BCUT2D eigenvalue weighted by molar-refractivity contribution is 7.13. The minimum Gasteiger partial charge on any atom is -0.497 e. The van der Waals surface area contributed by atoms with Crippen molar-refractivity contribution >= 4 is 28.3 Å². The van der Waals surface area contributed by atoms with E-state index in [-0.39, 0.29) is 11.8 Å². The van der Waals surface area contributed by atoms with Crippen molar-refractivity contribution in [1.29, 1.82) is 0 Å². The number of hydrogen-bond acceptors (Lipinski definition) is 4. The molecule has 0 saturated heterocycles. The van der Waals surface area contributed by atoms with E-state index in [2.05, 4.69) is 15.0 Å². The molecule has 4 N–H and O–H groups in total. The van der Waals surface area contributed by atoms with Gasteiger partial charge in [0.2, 0.25) is 11.1 Å². The number of thiazole rings is 1. The highest BCUT2D eigenvalue weighted by Crippen LogP contribution is 2.26. The van der Waals surface area contributed by atoms with Crippen LogP contribution >= 0.6 is 11.3 Å². The van der Waals surface area contributed by atoms with Gasteiger partial charge in [-0.1, -0.05) is 30.3 Å². The van der Waals surface area contributed by atoms with Gasteiger partial charge in [0.1, 0.15) is 11.6 Å². The van der Waals surface area contributed by atoms with E-state index in [0.29, 0.717) is 5.13 Å². The van der Waals surface area contributed by atoms with Crippen LogP contribution in [0.3, 0.4) is 0 Å². The fraction of sp³-hybridized carbons (Fsp3) is 0.0556. The van der Waals surface area contributed by atoms with Crippen molar-refractivity contribution in [3.05, 3.63) is 65.5 Å². The second-order valence-corrected chi connectivity index (χ2v) is 5.91. The molecule has 0 spiro atoms. The molecule has 0 aliphatic carbocycles.